The highest BCUT2D eigenvalue weighted by atomic mass is 79.9. The summed E-state index contributed by atoms with van der Waals surface area (Å²) in [6.45, 7) is 5.78. The molecule has 4 heteroatoms. The molecular formula is C14H18BrFO2. The standard InChI is InChI=1S/C14H18BrFO2/c1-14(2,3)13(18-4)12(17)7-9-5-6-10(15)8-11(9)16/h5-6,8,13H,7H2,1-4H3. The zero-order chi connectivity index (χ0) is 13.9. The Labute approximate surface area is 116 Å². The van der Waals surface area contributed by atoms with Gasteiger partial charge in [-0.15, -0.1) is 0 Å². The molecule has 1 atom stereocenters. The second kappa shape index (κ2) is 5.93. The van der Waals surface area contributed by atoms with Gasteiger partial charge in [0.1, 0.15) is 11.9 Å². The topological polar surface area (TPSA) is 26.3 Å². The fourth-order valence-electron chi connectivity index (χ4n) is 1.91. The van der Waals surface area contributed by atoms with Gasteiger partial charge in [0.05, 0.1) is 0 Å². The molecule has 1 unspecified atom stereocenters. The van der Waals surface area contributed by atoms with Crippen LogP contribution in [0.5, 0.6) is 0 Å². The summed E-state index contributed by atoms with van der Waals surface area (Å²) in [5, 5.41) is 0. The summed E-state index contributed by atoms with van der Waals surface area (Å²) in [5.41, 5.74) is 0.104. The molecule has 1 aromatic rings. The van der Waals surface area contributed by atoms with Crippen LogP contribution in [0.4, 0.5) is 4.39 Å². The van der Waals surface area contributed by atoms with Gasteiger partial charge in [-0.2, -0.15) is 0 Å². The number of carbonyl (C=O) groups excluding carboxylic acids is 1. The van der Waals surface area contributed by atoms with E-state index in [0.717, 1.165) is 0 Å². The number of carbonyl (C=O) groups is 1. The number of ether oxygens (including phenoxy) is 1. The minimum absolute atomic E-state index is 0.0505. The Bertz CT molecular complexity index is 438. The van der Waals surface area contributed by atoms with Gasteiger partial charge in [-0.05, 0) is 23.1 Å². The van der Waals surface area contributed by atoms with E-state index in [2.05, 4.69) is 15.9 Å². The molecule has 0 spiro atoms. The van der Waals surface area contributed by atoms with Gasteiger partial charge in [-0.25, -0.2) is 4.39 Å². The second-order valence-corrected chi connectivity index (χ2v) is 6.28. The highest BCUT2D eigenvalue weighted by Gasteiger charge is 2.31. The normalized spacial score (nSPS) is 13.4. The van der Waals surface area contributed by atoms with Crippen LogP contribution in [0.2, 0.25) is 0 Å². The third kappa shape index (κ3) is 3.89. The fraction of sp³-hybridized carbons (Fsp3) is 0.500. The van der Waals surface area contributed by atoms with Crippen molar-refractivity contribution in [3.8, 4) is 0 Å². The highest BCUT2D eigenvalue weighted by molar-refractivity contribution is 9.10. The third-order valence-electron chi connectivity index (χ3n) is 2.69. The molecule has 0 saturated carbocycles. The van der Waals surface area contributed by atoms with Gasteiger partial charge in [-0.3, -0.25) is 4.79 Å². The number of methoxy groups -OCH3 is 1. The first-order chi connectivity index (χ1) is 8.25. The molecule has 0 heterocycles. The van der Waals surface area contributed by atoms with Crippen LogP contribution < -0.4 is 0 Å². The molecule has 0 aromatic heterocycles. The summed E-state index contributed by atoms with van der Waals surface area (Å²) in [6, 6.07) is 4.71. The lowest BCUT2D eigenvalue weighted by molar-refractivity contribution is -0.134. The van der Waals surface area contributed by atoms with Gasteiger partial charge < -0.3 is 4.74 Å². The average Bonchev–Trinajstić information content (AvgIpc) is 2.21. The molecular weight excluding hydrogens is 299 g/mol. The lowest BCUT2D eigenvalue weighted by Crippen LogP contribution is -2.37. The monoisotopic (exact) mass is 316 g/mol. The molecule has 0 N–H and O–H groups in total. The Morgan fingerprint density at radius 3 is 2.50 bits per heavy atom. The molecule has 100 valence electrons. The lowest BCUT2D eigenvalue weighted by atomic mass is 9.84. The zero-order valence-corrected chi connectivity index (χ0v) is 12.7. The Morgan fingerprint density at radius 2 is 2.06 bits per heavy atom. The summed E-state index contributed by atoms with van der Waals surface area (Å²) in [4.78, 5) is 12.1. The number of rotatable bonds is 4. The maximum absolute atomic E-state index is 13.7. The number of ketones is 1. The first-order valence-electron chi connectivity index (χ1n) is 5.75. The molecule has 0 aliphatic carbocycles. The van der Waals surface area contributed by atoms with Crippen LogP contribution in [0.25, 0.3) is 0 Å². The van der Waals surface area contributed by atoms with E-state index in [-0.39, 0.29) is 23.4 Å². The molecule has 0 aliphatic rings. The van der Waals surface area contributed by atoms with Gasteiger partial charge in [0, 0.05) is 18.0 Å². The van der Waals surface area contributed by atoms with E-state index in [1.165, 1.54) is 13.2 Å². The van der Waals surface area contributed by atoms with E-state index < -0.39 is 6.10 Å². The lowest BCUT2D eigenvalue weighted by Gasteiger charge is -2.28. The highest BCUT2D eigenvalue weighted by Crippen LogP contribution is 2.24. The summed E-state index contributed by atoms with van der Waals surface area (Å²) in [6.07, 6.45) is -0.477. The summed E-state index contributed by atoms with van der Waals surface area (Å²) < 4.78 is 19.5. The van der Waals surface area contributed by atoms with Crippen molar-refractivity contribution in [2.45, 2.75) is 33.3 Å². The molecule has 1 aromatic carbocycles. The van der Waals surface area contributed by atoms with Gasteiger partial charge in [0.25, 0.3) is 0 Å². The minimum Gasteiger partial charge on any atom is -0.373 e. The van der Waals surface area contributed by atoms with Gasteiger partial charge in [0.15, 0.2) is 5.78 Å². The first-order valence-corrected chi connectivity index (χ1v) is 6.54. The van der Waals surface area contributed by atoms with Crippen LogP contribution in [0, 0.1) is 11.2 Å². The van der Waals surface area contributed by atoms with Crippen molar-refractivity contribution < 1.29 is 13.9 Å². The van der Waals surface area contributed by atoms with Crippen molar-refractivity contribution in [1.29, 1.82) is 0 Å². The Kier molecular flexibility index (Phi) is 5.05. The predicted molar refractivity (Wildman–Crippen MR) is 73.1 cm³/mol. The number of hydrogen-bond donors (Lipinski definition) is 0. The fourth-order valence-corrected chi connectivity index (χ4v) is 2.25. The maximum Gasteiger partial charge on any atom is 0.166 e. The van der Waals surface area contributed by atoms with E-state index in [4.69, 9.17) is 4.74 Å². The summed E-state index contributed by atoms with van der Waals surface area (Å²) in [7, 11) is 1.51. The number of hydrogen-bond acceptors (Lipinski definition) is 2. The van der Waals surface area contributed by atoms with Gasteiger partial charge in [0.2, 0.25) is 0 Å². The van der Waals surface area contributed by atoms with E-state index in [9.17, 15) is 9.18 Å². The molecule has 18 heavy (non-hydrogen) atoms. The molecule has 0 aliphatic heterocycles. The van der Waals surface area contributed by atoms with Crippen LogP contribution in [-0.4, -0.2) is 19.0 Å². The van der Waals surface area contributed by atoms with Crippen LogP contribution in [-0.2, 0) is 16.0 Å². The van der Waals surface area contributed by atoms with Crippen LogP contribution in [0.3, 0.4) is 0 Å². The minimum atomic E-state index is -0.527. The van der Waals surface area contributed by atoms with Gasteiger partial charge in [-0.1, -0.05) is 42.8 Å². The van der Waals surface area contributed by atoms with Crippen molar-refractivity contribution in [3.63, 3.8) is 0 Å². The SMILES string of the molecule is COC(C(=O)Cc1ccc(Br)cc1F)C(C)(C)C. The van der Waals surface area contributed by atoms with Crippen LogP contribution in [0.1, 0.15) is 26.3 Å². The third-order valence-corrected chi connectivity index (χ3v) is 3.19. The van der Waals surface area contributed by atoms with E-state index in [1.54, 1.807) is 12.1 Å². The number of benzene rings is 1. The molecule has 2 nitrogen and oxygen atoms in total. The van der Waals surface area contributed by atoms with Crippen LogP contribution in [0.15, 0.2) is 22.7 Å². The number of Topliss-reactive ketones (excluding diaryl/α,β-unsaturated/α-hetero) is 1. The molecule has 0 bridgehead atoms. The van der Waals surface area contributed by atoms with Crippen molar-refractivity contribution in [2.24, 2.45) is 5.41 Å². The van der Waals surface area contributed by atoms with Crippen molar-refractivity contribution >= 4 is 21.7 Å². The molecule has 0 radical (unpaired) electrons. The van der Waals surface area contributed by atoms with Crippen molar-refractivity contribution in [3.05, 3.63) is 34.1 Å². The molecule has 0 fully saturated rings. The quantitative estimate of drug-likeness (QED) is 0.845. The molecule has 0 saturated heterocycles. The Hall–Kier alpha value is -0.740. The van der Waals surface area contributed by atoms with Gasteiger partial charge >= 0.3 is 0 Å². The Balaban J connectivity index is 2.87. The molecule has 0 amide bonds. The van der Waals surface area contributed by atoms with E-state index in [1.807, 2.05) is 20.8 Å². The van der Waals surface area contributed by atoms with Crippen LogP contribution >= 0.6 is 15.9 Å². The maximum atomic E-state index is 13.7. The summed E-state index contributed by atoms with van der Waals surface area (Å²) in [5.74, 6) is -0.479. The molecule has 1 rings (SSSR count). The predicted octanol–water partition coefficient (Wildman–Crippen LogP) is 3.76. The smallest absolute Gasteiger partial charge is 0.166 e. The van der Waals surface area contributed by atoms with E-state index >= 15 is 0 Å². The van der Waals surface area contributed by atoms with Crippen molar-refractivity contribution in [1.82, 2.24) is 0 Å². The summed E-state index contributed by atoms with van der Waals surface area (Å²) >= 11 is 3.19. The zero-order valence-electron chi connectivity index (χ0n) is 11.1. The second-order valence-electron chi connectivity index (χ2n) is 5.36. The Morgan fingerprint density at radius 1 is 1.44 bits per heavy atom. The van der Waals surface area contributed by atoms with Crippen molar-refractivity contribution in [2.75, 3.05) is 7.11 Å². The largest absolute Gasteiger partial charge is 0.373 e. The average molecular weight is 317 g/mol. The number of halogens is 2. The van der Waals surface area contributed by atoms with E-state index in [0.29, 0.717) is 10.0 Å². The first kappa shape index (κ1) is 15.3.